The van der Waals surface area contributed by atoms with Crippen LogP contribution in [0, 0.1) is 0 Å². The van der Waals surface area contributed by atoms with E-state index < -0.39 is 11.7 Å². The highest BCUT2D eigenvalue weighted by molar-refractivity contribution is 5.75. The SMILES string of the molecule is CCCCn1c(=O)ccc2cnc(Nc3ccc(CC(C)(C)OC(N)=O)cc3)nc21. The molecule has 0 fully saturated rings. The lowest BCUT2D eigenvalue weighted by atomic mass is 9.98. The van der Waals surface area contributed by atoms with E-state index in [0.717, 1.165) is 29.5 Å². The number of aryl methyl sites for hydroxylation is 1. The fraction of sp³-hybridized carbons (Fsp3) is 0.364. The van der Waals surface area contributed by atoms with E-state index in [4.69, 9.17) is 10.5 Å². The fourth-order valence-electron chi connectivity index (χ4n) is 3.30. The van der Waals surface area contributed by atoms with Crippen molar-refractivity contribution in [3.63, 3.8) is 0 Å². The lowest BCUT2D eigenvalue weighted by molar-refractivity contribution is 0.0460. The number of unbranched alkanes of at least 4 members (excludes halogenated alkanes) is 1. The number of nitrogens with zero attached hydrogens (tertiary/aromatic N) is 3. The minimum Gasteiger partial charge on any atom is -0.443 e. The summed E-state index contributed by atoms with van der Waals surface area (Å²) in [4.78, 5) is 32.2. The van der Waals surface area contributed by atoms with Crippen molar-refractivity contribution < 1.29 is 9.53 Å². The molecule has 3 N–H and O–H groups in total. The van der Waals surface area contributed by atoms with Gasteiger partial charge in [-0.3, -0.25) is 9.36 Å². The molecule has 0 aliphatic heterocycles. The zero-order valence-corrected chi connectivity index (χ0v) is 17.5. The highest BCUT2D eigenvalue weighted by Crippen LogP contribution is 2.21. The van der Waals surface area contributed by atoms with Crippen LogP contribution in [0.5, 0.6) is 0 Å². The van der Waals surface area contributed by atoms with Crippen LogP contribution in [0.15, 0.2) is 47.4 Å². The van der Waals surface area contributed by atoms with Gasteiger partial charge in [-0.05, 0) is 44.0 Å². The predicted molar refractivity (Wildman–Crippen MR) is 117 cm³/mol. The van der Waals surface area contributed by atoms with Gasteiger partial charge in [0.25, 0.3) is 5.56 Å². The van der Waals surface area contributed by atoms with Gasteiger partial charge in [0, 0.05) is 36.3 Å². The molecular weight excluding hydrogens is 382 g/mol. The number of ether oxygens (including phenoxy) is 1. The summed E-state index contributed by atoms with van der Waals surface area (Å²) in [5.74, 6) is 0.420. The van der Waals surface area contributed by atoms with Crippen molar-refractivity contribution >= 4 is 28.8 Å². The minimum atomic E-state index is -0.788. The number of anilines is 2. The second-order valence-electron chi connectivity index (χ2n) is 7.83. The van der Waals surface area contributed by atoms with Crippen molar-refractivity contribution in [2.24, 2.45) is 5.73 Å². The van der Waals surface area contributed by atoms with Gasteiger partial charge in [0.15, 0.2) is 0 Å². The number of aromatic nitrogens is 3. The van der Waals surface area contributed by atoms with Crippen LogP contribution in [0.1, 0.15) is 39.2 Å². The second-order valence-corrected chi connectivity index (χ2v) is 7.83. The Balaban J connectivity index is 1.79. The molecule has 3 aromatic rings. The Bertz CT molecular complexity index is 1090. The molecule has 3 rings (SSSR count). The van der Waals surface area contributed by atoms with Crippen LogP contribution in [0.3, 0.4) is 0 Å². The average Bonchev–Trinajstić information content (AvgIpc) is 2.67. The molecule has 0 saturated heterocycles. The third-order valence-corrected chi connectivity index (χ3v) is 4.68. The molecule has 0 radical (unpaired) electrons. The molecule has 2 heterocycles. The van der Waals surface area contributed by atoms with Crippen molar-refractivity contribution in [2.75, 3.05) is 5.32 Å². The largest absolute Gasteiger partial charge is 0.443 e. The summed E-state index contributed by atoms with van der Waals surface area (Å²) in [6.07, 6.45) is 3.36. The number of hydrogen-bond acceptors (Lipinski definition) is 6. The van der Waals surface area contributed by atoms with E-state index in [0.29, 0.717) is 24.6 Å². The third kappa shape index (κ3) is 5.34. The molecule has 0 bridgehead atoms. The van der Waals surface area contributed by atoms with Crippen molar-refractivity contribution in [3.05, 3.63) is 58.5 Å². The molecule has 0 aliphatic carbocycles. The number of carbonyl (C=O) groups is 1. The summed E-state index contributed by atoms with van der Waals surface area (Å²) in [5, 5.41) is 4.00. The van der Waals surface area contributed by atoms with E-state index in [1.54, 1.807) is 22.9 Å². The second kappa shape index (κ2) is 8.94. The van der Waals surface area contributed by atoms with E-state index in [9.17, 15) is 9.59 Å². The van der Waals surface area contributed by atoms with Gasteiger partial charge in [0.1, 0.15) is 11.2 Å². The molecule has 0 unspecified atom stereocenters. The first-order valence-electron chi connectivity index (χ1n) is 9.98. The van der Waals surface area contributed by atoms with Crippen molar-refractivity contribution in [2.45, 2.75) is 52.2 Å². The molecular formula is C22H27N5O3. The Morgan fingerprint density at radius 3 is 2.60 bits per heavy atom. The van der Waals surface area contributed by atoms with E-state index >= 15 is 0 Å². The fourth-order valence-corrected chi connectivity index (χ4v) is 3.30. The highest BCUT2D eigenvalue weighted by atomic mass is 16.6. The van der Waals surface area contributed by atoms with Gasteiger partial charge in [-0.25, -0.2) is 9.78 Å². The van der Waals surface area contributed by atoms with Crippen LogP contribution < -0.4 is 16.6 Å². The Morgan fingerprint density at radius 1 is 1.20 bits per heavy atom. The first-order chi connectivity index (χ1) is 14.3. The number of rotatable bonds is 8. The maximum absolute atomic E-state index is 12.3. The number of hydrogen-bond donors (Lipinski definition) is 2. The number of primary amides is 1. The van der Waals surface area contributed by atoms with Crippen LogP contribution in [0.2, 0.25) is 0 Å². The topological polar surface area (TPSA) is 112 Å². The lowest BCUT2D eigenvalue weighted by Crippen LogP contribution is -2.33. The van der Waals surface area contributed by atoms with E-state index in [1.807, 2.05) is 38.1 Å². The van der Waals surface area contributed by atoms with Crippen LogP contribution >= 0.6 is 0 Å². The number of amides is 1. The summed E-state index contributed by atoms with van der Waals surface area (Å²) < 4.78 is 6.82. The normalized spacial score (nSPS) is 11.4. The monoisotopic (exact) mass is 409 g/mol. The summed E-state index contributed by atoms with van der Waals surface area (Å²) in [6.45, 7) is 6.33. The summed E-state index contributed by atoms with van der Waals surface area (Å²) in [7, 11) is 0. The molecule has 0 aliphatic rings. The molecule has 0 atom stereocenters. The van der Waals surface area contributed by atoms with E-state index in [1.165, 1.54) is 0 Å². The number of nitrogens with one attached hydrogen (secondary N) is 1. The molecule has 30 heavy (non-hydrogen) atoms. The van der Waals surface area contributed by atoms with Gasteiger partial charge in [-0.15, -0.1) is 0 Å². The van der Waals surface area contributed by atoms with Gasteiger partial charge in [-0.1, -0.05) is 25.5 Å². The number of pyridine rings is 1. The Labute approximate surface area is 175 Å². The van der Waals surface area contributed by atoms with Gasteiger partial charge >= 0.3 is 6.09 Å². The smallest absolute Gasteiger partial charge is 0.405 e. The molecule has 1 aromatic carbocycles. The lowest BCUT2D eigenvalue weighted by Gasteiger charge is -2.24. The summed E-state index contributed by atoms with van der Waals surface area (Å²) >= 11 is 0. The van der Waals surface area contributed by atoms with E-state index in [-0.39, 0.29) is 5.56 Å². The summed E-state index contributed by atoms with van der Waals surface area (Å²) in [5.41, 5.74) is 6.80. The zero-order valence-electron chi connectivity index (χ0n) is 17.5. The number of fused-ring (bicyclic) bond motifs is 1. The van der Waals surface area contributed by atoms with Gasteiger partial charge in [-0.2, -0.15) is 4.98 Å². The van der Waals surface area contributed by atoms with Crippen LogP contribution in [-0.2, 0) is 17.7 Å². The van der Waals surface area contributed by atoms with Crippen LogP contribution in [0.4, 0.5) is 16.4 Å². The maximum atomic E-state index is 12.3. The van der Waals surface area contributed by atoms with Gasteiger partial charge < -0.3 is 15.8 Å². The van der Waals surface area contributed by atoms with Gasteiger partial charge in [0.2, 0.25) is 5.95 Å². The predicted octanol–water partition coefficient (Wildman–Crippen LogP) is 3.75. The first-order valence-corrected chi connectivity index (χ1v) is 9.98. The quantitative estimate of drug-likeness (QED) is 0.586. The number of carbonyl (C=O) groups excluding carboxylic acids is 1. The van der Waals surface area contributed by atoms with Gasteiger partial charge in [0.05, 0.1) is 0 Å². The molecule has 8 heteroatoms. The number of benzene rings is 1. The van der Waals surface area contributed by atoms with Crippen LogP contribution in [0.25, 0.3) is 11.0 Å². The first kappa shape index (κ1) is 21.3. The minimum absolute atomic E-state index is 0.0641. The Hall–Kier alpha value is -3.42. The summed E-state index contributed by atoms with van der Waals surface area (Å²) in [6, 6.07) is 11.0. The molecule has 158 valence electrons. The van der Waals surface area contributed by atoms with Crippen molar-refractivity contribution in [1.29, 1.82) is 0 Å². The molecule has 0 spiro atoms. The third-order valence-electron chi connectivity index (χ3n) is 4.68. The van der Waals surface area contributed by atoms with Crippen molar-refractivity contribution in [1.82, 2.24) is 14.5 Å². The molecule has 0 saturated carbocycles. The standard InChI is InChI=1S/C22H27N5O3/c1-4-5-12-27-18(28)11-8-16-14-24-21(26-19(16)27)25-17-9-6-15(7-10-17)13-22(2,3)30-20(23)29/h6-11,14H,4-5,12-13H2,1-3H3,(H2,23,29)(H,24,25,26). The highest BCUT2D eigenvalue weighted by Gasteiger charge is 2.22. The average molecular weight is 409 g/mol. The maximum Gasteiger partial charge on any atom is 0.405 e. The van der Waals surface area contributed by atoms with Crippen molar-refractivity contribution in [3.8, 4) is 0 Å². The molecule has 8 nitrogen and oxygen atoms in total. The van der Waals surface area contributed by atoms with Crippen LogP contribution in [-0.4, -0.2) is 26.2 Å². The van der Waals surface area contributed by atoms with E-state index in [2.05, 4.69) is 22.2 Å². The molecule has 2 aromatic heterocycles. The number of nitrogens with two attached hydrogens (primary N) is 1. The Kier molecular flexibility index (Phi) is 6.34. The Morgan fingerprint density at radius 2 is 1.93 bits per heavy atom. The molecule has 1 amide bonds. The zero-order chi connectivity index (χ0) is 21.7.